The molecular formula is C20H20O3. The molecule has 0 bridgehead atoms. The predicted octanol–water partition coefficient (Wildman–Crippen LogP) is 3.87. The lowest BCUT2D eigenvalue weighted by atomic mass is 9.61. The lowest BCUT2D eigenvalue weighted by Gasteiger charge is -2.47. The molecule has 3 nitrogen and oxygen atoms in total. The van der Waals surface area contributed by atoms with E-state index >= 15 is 0 Å². The molecule has 23 heavy (non-hydrogen) atoms. The Kier molecular flexibility index (Phi) is 3.02. The van der Waals surface area contributed by atoms with Crippen LogP contribution in [0.5, 0.6) is 5.75 Å². The molecule has 0 fully saturated rings. The van der Waals surface area contributed by atoms with Crippen LogP contribution in [0.15, 0.2) is 59.4 Å². The van der Waals surface area contributed by atoms with Crippen LogP contribution >= 0.6 is 0 Å². The molecule has 0 saturated carbocycles. The third kappa shape index (κ3) is 1.79. The first-order chi connectivity index (χ1) is 11.1. The first-order valence-electron chi connectivity index (χ1n) is 8.18. The van der Waals surface area contributed by atoms with Crippen molar-refractivity contribution in [3.63, 3.8) is 0 Å². The van der Waals surface area contributed by atoms with Crippen LogP contribution in [0.4, 0.5) is 0 Å². The third-order valence-electron chi connectivity index (χ3n) is 5.66. The molecule has 0 aromatic heterocycles. The number of hydrogen-bond donors (Lipinski definition) is 1. The molecule has 118 valence electrons. The zero-order valence-electron chi connectivity index (χ0n) is 13.3. The van der Waals surface area contributed by atoms with Gasteiger partial charge in [0.2, 0.25) is 0 Å². The Morgan fingerprint density at radius 2 is 2.13 bits per heavy atom. The summed E-state index contributed by atoms with van der Waals surface area (Å²) >= 11 is 0. The summed E-state index contributed by atoms with van der Waals surface area (Å²) in [6.07, 6.45) is 7.26. The summed E-state index contributed by atoms with van der Waals surface area (Å²) in [5, 5.41) is 9.87. The first kappa shape index (κ1) is 14.3. The van der Waals surface area contributed by atoms with E-state index in [0.717, 1.165) is 29.6 Å². The molecule has 0 amide bonds. The molecule has 3 heteroatoms. The highest BCUT2D eigenvalue weighted by molar-refractivity contribution is 5.86. The van der Waals surface area contributed by atoms with E-state index in [-0.39, 0.29) is 29.1 Å². The fraction of sp³-hybridized carbons (Fsp3) is 0.350. The van der Waals surface area contributed by atoms with Crippen LogP contribution in [0, 0.1) is 11.8 Å². The monoisotopic (exact) mass is 308 g/mol. The maximum Gasteiger partial charge on any atom is 0.146 e. The van der Waals surface area contributed by atoms with Crippen LogP contribution in [-0.2, 0) is 10.2 Å². The van der Waals surface area contributed by atoms with Crippen LogP contribution in [-0.4, -0.2) is 17.5 Å². The minimum atomic E-state index is -0.233. The van der Waals surface area contributed by atoms with Crippen molar-refractivity contribution in [3.8, 4) is 5.75 Å². The molecule has 4 atom stereocenters. The Balaban J connectivity index is 1.97. The number of fused-ring (bicyclic) bond motifs is 2. The molecule has 1 aliphatic heterocycles. The number of ether oxygens (including phenoxy) is 1. The summed E-state index contributed by atoms with van der Waals surface area (Å²) in [6, 6.07) is 8.09. The van der Waals surface area contributed by atoms with Crippen LogP contribution in [0.1, 0.15) is 25.8 Å². The van der Waals surface area contributed by atoms with Crippen molar-refractivity contribution < 1.29 is 14.6 Å². The van der Waals surface area contributed by atoms with E-state index in [2.05, 4.69) is 19.9 Å². The average Bonchev–Trinajstić information content (AvgIpc) is 3.22. The Morgan fingerprint density at radius 3 is 2.83 bits per heavy atom. The van der Waals surface area contributed by atoms with E-state index in [0.29, 0.717) is 0 Å². The van der Waals surface area contributed by atoms with Crippen LogP contribution in [0.25, 0.3) is 0 Å². The van der Waals surface area contributed by atoms with Gasteiger partial charge in [0.25, 0.3) is 0 Å². The van der Waals surface area contributed by atoms with Gasteiger partial charge >= 0.3 is 0 Å². The summed E-state index contributed by atoms with van der Waals surface area (Å²) in [4.78, 5) is 11.5. The second-order valence-electron chi connectivity index (χ2n) is 6.59. The van der Waals surface area contributed by atoms with Crippen molar-refractivity contribution in [1.29, 1.82) is 0 Å². The molecule has 0 spiro atoms. The molecule has 4 rings (SSSR count). The summed E-state index contributed by atoms with van der Waals surface area (Å²) in [6.45, 7) is 4.27. The van der Waals surface area contributed by atoms with E-state index in [9.17, 15) is 9.90 Å². The summed E-state index contributed by atoms with van der Waals surface area (Å²) < 4.78 is 6.15. The SMILES string of the molecule is CCC1(C2=C(C=O)C2C)c2ccccc2OC2C=C(O)C=CC21. The molecule has 1 aromatic rings. The van der Waals surface area contributed by atoms with Crippen molar-refractivity contribution in [2.75, 3.05) is 0 Å². The topological polar surface area (TPSA) is 46.5 Å². The van der Waals surface area contributed by atoms with Gasteiger partial charge in [-0.15, -0.1) is 0 Å². The van der Waals surface area contributed by atoms with Gasteiger partial charge in [-0.3, -0.25) is 4.79 Å². The molecule has 2 aliphatic carbocycles. The Hall–Kier alpha value is -2.29. The average molecular weight is 308 g/mol. The largest absolute Gasteiger partial charge is 0.508 e. The number of hydrogen-bond acceptors (Lipinski definition) is 3. The maximum atomic E-state index is 11.5. The number of allylic oxidation sites excluding steroid dienone is 3. The maximum absolute atomic E-state index is 11.5. The number of carbonyl (C=O) groups is 1. The Morgan fingerprint density at radius 1 is 1.35 bits per heavy atom. The number of para-hydroxylation sites is 1. The fourth-order valence-corrected chi connectivity index (χ4v) is 4.56. The number of carbonyl (C=O) groups excluding carboxylic acids is 1. The van der Waals surface area contributed by atoms with Crippen molar-refractivity contribution in [2.45, 2.75) is 31.8 Å². The molecule has 0 saturated heterocycles. The van der Waals surface area contributed by atoms with Gasteiger partial charge in [0.1, 0.15) is 23.9 Å². The second-order valence-corrected chi connectivity index (χ2v) is 6.59. The molecule has 1 aromatic carbocycles. The molecule has 0 radical (unpaired) electrons. The minimum Gasteiger partial charge on any atom is -0.508 e. The summed E-state index contributed by atoms with van der Waals surface area (Å²) in [5.74, 6) is 1.41. The van der Waals surface area contributed by atoms with E-state index in [1.165, 1.54) is 5.57 Å². The van der Waals surface area contributed by atoms with Gasteiger partial charge in [-0.2, -0.15) is 0 Å². The highest BCUT2D eigenvalue weighted by atomic mass is 16.5. The van der Waals surface area contributed by atoms with Gasteiger partial charge in [-0.25, -0.2) is 0 Å². The highest BCUT2D eigenvalue weighted by Gasteiger charge is 2.56. The van der Waals surface area contributed by atoms with E-state index in [1.54, 1.807) is 12.2 Å². The van der Waals surface area contributed by atoms with E-state index < -0.39 is 0 Å². The smallest absolute Gasteiger partial charge is 0.146 e. The van der Waals surface area contributed by atoms with Gasteiger partial charge < -0.3 is 9.84 Å². The van der Waals surface area contributed by atoms with Gasteiger partial charge in [0.05, 0.1) is 0 Å². The first-order valence-corrected chi connectivity index (χ1v) is 8.18. The minimum absolute atomic E-state index is 0.0909. The van der Waals surface area contributed by atoms with Gasteiger partial charge in [-0.05, 0) is 35.8 Å². The Bertz CT molecular complexity index is 771. The van der Waals surface area contributed by atoms with E-state index in [4.69, 9.17) is 4.74 Å². The molecule has 1 heterocycles. The number of aliphatic hydroxyl groups is 1. The van der Waals surface area contributed by atoms with Crippen LogP contribution < -0.4 is 4.74 Å². The third-order valence-corrected chi connectivity index (χ3v) is 5.66. The van der Waals surface area contributed by atoms with Crippen molar-refractivity contribution in [3.05, 3.63) is 65.0 Å². The van der Waals surface area contributed by atoms with Crippen LogP contribution in [0.2, 0.25) is 0 Å². The van der Waals surface area contributed by atoms with Crippen molar-refractivity contribution >= 4 is 6.29 Å². The molecule has 4 unspecified atom stereocenters. The zero-order chi connectivity index (χ0) is 16.2. The molecule has 1 N–H and O–H groups in total. The zero-order valence-corrected chi connectivity index (χ0v) is 13.3. The van der Waals surface area contributed by atoms with Crippen LogP contribution in [0.3, 0.4) is 0 Å². The van der Waals surface area contributed by atoms with E-state index in [1.807, 2.05) is 24.3 Å². The second kappa shape index (κ2) is 4.85. The Labute approximate surface area is 136 Å². The summed E-state index contributed by atoms with van der Waals surface area (Å²) in [5.41, 5.74) is 3.08. The number of aliphatic hydroxyl groups excluding tert-OH is 1. The van der Waals surface area contributed by atoms with Gasteiger partial charge in [0, 0.05) is 22.8 Å². The molecular weight excluding hydrogens is 288 g/mol. The number of benzene rings is 1. The van der Waals surface area contributed by atoms with Gasteiger partial charge in [0.15, 0.2) is 0 Å². The normalized spacial score (nSPS) is 34.2. The fourth-order valence-electron chi connectivity index (χ4n) is 4.56. The van der Waals surface area contributed by atoms with Gasteiger partial charge in [-0.1, -0.05) is 38.1 Å². The van der Waals surface area contributed by atoms with Crippen molar-refractivity contribution in [1.82, 2.24) is 0 Å². The number of rotatable bonds is 3. The summed E-state index contributed by atoms with van der Waals surface area (Å²) in [7, 11) is 0. The quantitative estimate of drug-likeness (QED) is 0.862. The highest BCUT2D eigenvalue weighted by Crippen LogP contribution is 2.61. The predicted molar refractivity (Wildman–Crippen MR) is 88.4 cm³/mol. The lowest BCUT2D eigenvalue weighted by Crippen LogP contribution is -2.47. The standard InChI is InChI=1S/C20H20O3/c1-3-20(19-12(2)14(19)11-21)15-6-4-5-7-17(15)23-18-10-13(22)8-9-16(18)20/h4-12,16,18,22H,3H2,1-2H3. The molecule has 3 aliphatic rings. The lowest BCUT2D eigenvalue weighted by molar-refractivity contribution is -0.104. The number of aldehydes is 1. The van der Waals surface area contributed by atoms with Crippen molar-refractivity contribution in [2.24, 2.45) is 11.8 Å².